The maximum absolute atomic E-state index is 10.1. The molecule has 1 heteroatoms. The number of aldehydes is 1. The van der Waals surface area contributed by atoms with Crippen molar-refractivity contribution in [2.24, 2.45) is 5.92 Å². The predicted octanol–water partition coefficient (Wildman–Crippen LogP) is 3.18. The van der Waals surface area contributed by atoms with Gasteiger partial charge in [0, 0.05) is 6.42 Å². The zero-order valence-electron chi connectivity index (χ0n) is 7.81. The molecule has 0 aliphatic carbocycles. The first kappa shape index (κ1) is 10.7. The third kappa shape index (κ3) is 7.57. The highest BCUT2D eigenvalue weighted by Crippen LogP contribution is 2.11. The molecule has 11 heavy (non-hydrogen) atoms. The topological polar surface area (TPSA) is 17.1 Å². The normalized spacial score (nSPS) is 12.9. The van der Waals surface area contributed by atoms with Gasteiger partial charge in [-0.25, -0.2) is 0 Å². The van der Waals surface area contributed by atoms with Gasteiger partial charge in [0.25, 0.3) is 0 Å². The first-order valence-electron chi connectivity index (χ1n) is 4.74. The Balaban J connectivity index is 3.03. The van der Waals surface area contributed by atoms with Gasteiger partial charge in [-0.15, -0.1) is 0 Å². The van der Waals surface area contributed by atoms with Gasteiger partial charge in [-0.3, -0.25) is 0 Å². The highest BCUT2D eigenvalue weighted by molar-refractivity contribution is 5.49. The summed E-state index contributed by atoms with van der Waals surface area (Å²) >= 11 is 0. The van der Waals surface area contributed by atoms with Crippen molar-refractivity contribution < 1.29 is 4.79 Å². The zero-order chi connectivity index (χ0) is 8.53. The van der Waals surface area contributed by atoms with Crippen LogP contribution in [0.1, 0.15) is 52.4 Å². The average Bonchev–Trinajstić information content (AvgIpc) is 1.99. The molecular weight excluding hydrogens is 136 g/mol. The van der Waals surface area contributed by atoms with E-state index < -0.39 is 0 Å². The molecule has 0 aliphatic heterocycles. The molecule has 0 bridgehead atoms. The second-order valence-electron chi connectivity index (χ2n) is 3.36. The lowest BCUT2D eigenvalue weighted by Crippen LogP contribution is -1.94. The predicted molar refractivity (Wildman–Crippen MR) is 48.6 cm³/mol. The molecule has 0 unspecified atom stereocenters. The summed E-state index contributed by atoms with van der Waals surface area (Å²) in [5.74, 6) is 0.601. The van der Waals surface area contributed by atoms with Crippen LogP contribution in [0, 0.1) is 5.92 Å². The molecule has 0 aliphatic rings. The van der Waals surface area contributed by atoms with Gasteiger partial charge in [0.2, 0.25) is 0 Å². The molecule has 0 spiro atoms. The molecule has 0 aromatic carbocycles. The first-order valence-corrected chi connectivity index (χ1v) is 4.74. The van der Waals surface area contributed by atoms with Crippen LogP contribution in [0.15, 0.2) is 0 Å². The van der Waals surface area contributed by atoms with Gasteiger partial charge in [-0.2, -0.15) is 0 Å². The van der Waals surface area contributed by atoms with Gasteiger partial charge in [0.1, 0.15) is 6.29 Å². The van der Waals surface area contributed by atoms with E-state index in [-0.39, 0.29) is 0 Å². The Bertz CT molecular complexity index is 88.9. The molecule has 0 aromatic rings. The van der Waals surface area contributed by atoms with Gasteiger partial charge >= 0.3 is 0 Å². The summed E-state index contributed by atoms with van der Waals surface area (Å²) in [6, 6.07) is 0. The maximum atomic E-state index is 10.1. The van der Waals surface area contributed by atoms with E-state index in [1.165, 1.54) is 32.1 Å². The summed E-state index contributed by atoms with van der Waals surface area (Å²) in [5, 5.41) is 0. The lowest BCUT2D eigenvalue weighted by atomic mass is 10.0. The number of hydrogen-bond donors (Lipinski definition) is 0. The van der Waals surface area contributed by atoms with Crippen LogP contribution in [0.4, 0.5) is 0 Å². The molecular formula is C10H20O. The van der Waals surface area contributed by atoms with E-state index in [2.05, 4.69) is 13.8 Å². The molecule has 0 aromatic heterocycles. The van der Waals surface area contributed by atoms with Crippen molar-refractivity contribution in [1.29, 1.82) is 0 Å². The van der Waals surface area contributed by atoms with Gasteiger partial charge in [-0.1, -0.05) is 46.0 Å². The number of rotatable bonds is 7. The van der Waals surface area contributed by atoms with Crippen LogP contribution in [0.5, 0.6) is 0 Å². The Hall–Kier alpha value is -0.330. The number of hydrogen-bond acceptors (Lipinski definition) is 1. The van der Waals surface area contributed by atoms with E-state index in [9.17, 15) is 4.79 Å². The Morgan fingerprint density at radius 2 is 2.00 bits per heavy atom. The van der Waals surface area contributed by atoms with Crippen molar-refractivity contribution in [1.82, 2.24) is 0 Å². The SMILES string of the molecule is CCCCCC[C@H](C)CC=O. The smallest absolute Gasteiger partial charge is 0.120 e. The highest BCUT2D eigenvalue weighted by atomic mass is 16.1. The van der Waals surface area contributed by atoms with E-state index in [0.29, 0.717) is 5.92 Å². The molecule has 0 fully saturated rings. The van der Waals surface area contributed by atoms with Crippen LogP contribution in [-0.4, -0.2) is 6.29 Å². The molecule has 66 valence electrons. The van der Waals surface area contributed by atoms with Crippen LogP contribution in [0.3, 0.4) is 0 Å². The minimum Gasteiger partial charge on any atom is -0.303 e. The molecule has 0 rings (SSSR count). The van der Waals surface area contributed by atoms with Gasteiger partial charge in [-0.05, 0) is 5.92 Å². The summed E-state index contributed by atoms with van der Waals surface area (Å²) in [6.07, 6.45) is 8.26. The number of unbranched alkanes of at least 4 members (excludes halogenated alkanes) is 3. The van der Waals surface area contributed by atoms with Crippen LogP contribution in [0.2, 0.25) is 0 Å². The molecule has 0 radical (unpaired) electrons. The van der Waals surface area contributed by atoms with Crippen molar-refractivity contribution in [3.8, 4) is 0 Å². The lowest BCUT2D eigenvalue weighted by Gasteiger charge is -2.05. The van der Waals surface area contributed by atoms with Crippen molar-refractivity contribution in [3.05, 3.63) is 0 Å². The van der Waals surface area contributed by atoms with Crippen LogP contribution >= 0.6 is 0 Å². The summed E-state index contributed by atoms with van der Waals surface area (Å²) < 4.78 is 0. The van der Waals surface area contributed by atoms with Crippen molar-refractivity contribution in [3.63, 3.8) is 0 Å². The van der Waals surface area contributed by atoms with Crippen molar-refractivity contribution in [2.45, 2.75) is 52.4 Å². The minimum absolute atomic E-state index is 0.601. The Morgan fingerprint density at radius 1 is 1.27 bits per heavy atom. The molecule has 0 N–H and O–H groups in total. The van der Waals surface area contributed by atoms with E-state index >= 15 is 0 Å². The average molecular weight is 156 g/mol. The van der Waals surface area contributed by atoms with Gasteiger partial charge < -0.3 is 4.79 Å². The van der Waals surface area contributed by atoms with E-state index in [1.807, 2.05) is 0 Å². The maximum Gasteiger partial charge on any atom is 0.120 e. The number of carbonyl (C=O) groups is 1. The first-order chi connectivity index (χ1) is 5.31. The van der Waals surface area contributed by atoms with Crippen molar-refractivity contribution >= 4 is 6.29 Å². The monoisotopic (exact) mass is 156 g/mol. The van der Waals surface area contributed by atoms with Gasteiger partial charge in [0.05, 0.1) is 0 Å². The molecule has 0 amide bonds. The quantitative estimate of drug-likeness (QED) is 0.408. The molecule has 0 heterocycles. The van der Waals surface area contributed by atoms with E-state index in [4.69, 9.17) is 0 Å². The standard InChI is InChI=1S/C10H20O/c1-3-4-5-6-7-10(2)8-9-11/h9-10H,3-8H2,1-2H3/t10-/m0/s1. The summed E-state index contributed by atoms with van der Waals surface area (Å²) in [4.78, 5) is 10.1. The Kier molecular flexibility index (Phi) is 7.54. The summed E-state index contributed by atoms with van der Waals surface area (Å²) in [6.45, 7) is 4.37. The van der Waals surface area contributed by atoms with E-state index in [0.717, 1.165) is 12.7 Å². The van der Waals surface area contributed by atoms with Crippen LogP contribution in [0.25, 0.3) is 0 Å². The molecule has 1 nitrogen and oxygen atoms in total. The fraction of sp³-hybridized carbons (Fsp3) is 0.900. The fourth-order valence-electron chi connectivity index (χ4n) is 1.20. The van der Waals surface area contributed by atoms with Crippen molar-refractivity contribution in [2.75, 3.05) is 0 Å². The van der Waals surface area contributed by atoms with E-state index in [1.54, 1.807) is 0 Å². The summed E-state index contributed by atoms with van der Waals surface area (Å²) in [7, 11) is 0. The molecule has 0 saturated carbocycles. The zero-order valence-corrected chi connectivity index (χ0v) is 7.81. The summed E-state index contributed by atoms with van der Waals surface area (Å²) in [5.41, 5.74) is 0. The highest BCUT2D eigenvalue weighted by Gasteiger charge is 1.99. The van der Waals surface area contributed by atoms with Crippen LogP contribution < -0.4 is 0 Å². The lowest BCUT2D eigenvalue weighted by molar-refractivity contribution is -0.108. The fourth-order valence-corrected chi connectivity index (χ4v) is 1.20. The second kappa shape index (κ2) is 7.77. The molecule has 1 atom stereocenters. The minimum atomic E-state index is 0.601. The van der Waals surface area contributed by atoms with Gasteiger partial charge in [0.15, 0.2) is 0 Å². The number of carbonyl (C=O) groups excluding carboxylic acids is 1. The second-order valence-corrected chi connectivity index (χ2v) is 3.36. The Morgan fingerprint density at radius 3 is 2.55 bits per heavy atom. The largest absolute Gasteiger partial charge is 0.303 e. The van der Waals surface area contributed by atoms with Crippen LogP contribution in [-0.2, 0) is 4.79 Å². The third-order valence-corrected chi connectivity index (χ3v) is 2.05. The molecule has 0 saturated heterocycles. The third-order valence-electron chi connectivity index (χ3n) is 2.05. The Labute approximate surface area is 70.2 Å².